The first-order chi connectivity index (χ1) is 10.5. The molecule has 0 saturated heterocycles. The monoisotopic (exact) mass is 318 g/mol. The Balaban J connectivity index is 2.14. The van der Waals surface area contributed by atoms with E-state index in [1.807, 2.05) is 0 Å². The largest absolute Gasteiger partial charge is 0.506 e. The van der Waals surface area contributed by atoms with Gasteiger partial charge in [-0.2, -0.15) is 0 Å². The summed E-state index contributed by atoms with van der Waals surface area (Å²) in [6.07, 6.45) is 1.47. The van der Waals surface area contributed by atoms with Crippen LogP contribution in [0.3, 0.4) is 0 Å². The highest BCUT2D eigenvalue weighted by Crippen LogP contribution is 2.30. The smallest absolute Gasteiger partial charge is 0.264 e. The van der Waals surface area contributed by atoms with Gasteiger partial charge in [0.05, 0.1) is 5.52 Å². The third-order valence-electron chi connectivity index (χ3n) is 3.11. The molecule has 0 unspecified atom stereocenters. The molecule has 0 bridgehead atoms. The summed E-state index contributed by atoms with van der Waals surface area (Å²) in [6, 6.07) is 11.6. The zero-order chi connectivity index (χ0) is 15.7. The summed E-state index contributed by atoms with van der Waals surface area (Å²) in [4.78, 5) is 3.97. The van der Waals surface area contributed by atoms with Gasteiger partial charge in [0.2, 0.25) is 0 Å². The maximum absolute atomic E-state index is 13.7. The van der Waals surface area contributed by atoms with Crippen molar-refractivity contribution in [1.29, 1.82) is 0 Å². The minimum atomic E-state index is -4.10. The van der Waals surface area contributed by atoms with Crippen molar-refractivity contribution in [3.05, 3.63) is 60.5 Å². The molecule has 3 aromatic rings. The van der Waals surface area contributed by atoms with Gasteiger partial charge in [-0.3, -0.25) is 9.71 Å². The van der Waals surface area contributed by atoms with Crippen molar-refractivity contribution >= 4 is 26.6 Å². The summed E-state index contributed by atoms with van der Waals surface area (Å²) < 4.78 is 40.8. The lowest BCUT2D eigenvalue weighted by Gasteiger charge is -2.11. The summed E-state index contributed by atoms with van der Waals surface area (Å²) in [6.45, 7) is 0. The number of pyridine rings is 1. The quantitative estimate of drug-likeness (QED) is 0.728. The number of phenolic OH excluding ortho intramolecular Hbond substituents is 1. The number of aromatic hydroxyl groups is 1. The molecule has 0 aliphatic carbocycles. The van der Waals surface area contributed by atoms with E-state index in [0.717, 1.165) is 6.07 Å². The van der Waals surface area contributed by atoms with Crippen molar-refractivity contribution in [1.82, 2.24) is 4.98 Å². The number of anilines is 1. The van der Waals surface area contributed by atoms with Crippen LogP contribution in [-0.4, -0.2) is 18.5 Å². The van der Waals surface area contributed by atoms with Crippen LogP contribution in [0.25, 0.3) is 10.9 Å². The summed E-state index contributed by atoms with van der Waals surface area (Å²) in [5, 5.41) is 10.3. The molecule has 2 aromatic carbocycles. The van der Waals surface area contributed by atoms with Crippen LogP contribution in [0.15, 0.2) is 59.6 Å². The fourth-order valence-electron chi connectivity index (χ4n) is 2.10. The highest BCUT2D eigenvalue weighted by Gasteiger charge is 2.21. The normalized spacial score (nSPS) is 11.5. The van der Waals surface area contributed by atoms with Crippen LogP contribution in [0.2, 0.25) is 0 Å². The van der Waals surface area contributed by atoms with Crippen LogP contribution in [0.1, 0.15) is 0 Å². The Morgan fingerprint density at radius 1 is 1.05 bits per heavy atom. The Hall–Kier alpha value is -2.67. The van der Waals surface area contributed by atoms with E-state index in [9.17, 15) is 17.9 Å². The molecular weight excluding hydrogens is 307 g/mol. The number of phenols is 1. The maximum atomic E-state index is 13.7. The van der Waals surface area contributed by atoms with Gasteiger partial charge in [0.1, 0.15) is 16.3 Å². The Bertz CT molecular complexity index is 932. The van der Waals surface area contributed by atoms with Gasteiger partial charge in [0.25, 0.3) is 10.0 Å². The second-order valence-corrected chi connectivity index (χ2v) is 6.22. The first-order valence-corrected chi connectivity index (χ1v) is 7.81. The molecule has 0 fully saturated rings. The van der Waals surface area contributed by atoms with Gasteiger partial charge in [0, 0.05) is 11.6 Å². The molecule has 1 heterocycles. The van der Waals surface area contributed by atoms with Gasteiger partial charge >= 0.3 is 0 Å². The number of nitrogens with one attached hydrogen (secondary N) is 1. The number of rotatable bonds is 3. The van der Waals surface area contributed by atoms with Crippen LogP contribution in [-0.2, 0) is 10.0 Å². The molecular formula is C15H11FN2O3S. The Kier molecular flexibility index (Phi) is 3.42. The lowest BCUT2D eigenvalue weighted by molar-refractivity contribution is 0.472. The van der Waals surface area contributed by atoms with E-state index in [1.165, 1.54) is 24.4 Å². The molecule has 0 aliphatic heterocycles. The predicted molar refractivity (Wildman–Crippen MR) is 80.6 cm³/mol. The van der Waals surface area contributed by atoms with Gasteiger partial charge in [-0.25, -0.2) is 12.8 Å². The molecule has 0 aliphatic rings. The number of nitrogens with zero attached hydrogens (tertiary/aromatic N) is 1. The zero-order valence-electron chi connectivity index (χ0n) is 11.2. The minimum Gasteiger partial charge on any atom is -0.506 e. The molecule has 112 valence electrons. The first-order valence-electron chi connectivity index (χ1n) is 6.33. The highest BCUT2D eigenvalue weighted by atomic mass is 32.2. The molecule has 22 heavy (non-hydrogen) atoms. The molecule has 2 N–H and O–H groups in total. The van der Waals surface area contributed by atoms with Gasteiger partial charge in [-0.05, 0) is 24.3 Å². The maximum Gasteiger partial charge on any atom is 0.264 e. The molecule has 0 spiro atoms. The predicted octanol–water partition coefficient (Wildman–Crippen LogP) is 2.88. The van der Waals surface area contributed by atoms with E-state index in [4.69, 9.17) is 0 Å². The number of sulfonamides is 1. The summed E-state index contributed by atoms with van der Waals surface area (Å²) in [5.41, 5.74) is -0.219. The summed E-state index contributed by atoms with van der Waals surface area (Å²) >= 11 is 0. The van der Waals surface area contributed by atoms with Crippen LogP contribution in [0.4, 0.5) is 10.1 Å². The second kappa shape index (κ2) is 5.27. The molecule has 0 atom stereocenters. The van der Waals surface area contributed by atoms with Crippen molar-refractivity contribution in [3.63, 3.8) is 0 Å². The van der Waals surface area contributed by atoms with Gasteiger partial charge in [-0.1, -0.05) is 24.3 Å². The molecule has 3 rings (SSSR count). The van der Waals surface area contributed by atoms with Gasteiger partial charge in [0.15, 0.2) is 5.82 Å². The molecule has 1 aromatic heterocycles. The highest BCUT2D eigenvalue weighted by molar-refractivity contribution is 7.93. The fraction of sp³-hybridized carbons (Fsp3) is 0. The molecule has 0 saturated carbocycles. The van der Waals surface area contributed by atoms with E-state index in [2.05, 4.69) is 9.71 Å². The van der Waals surface area contributed by atoms with E-state index >= 15 is 0 Å². The standard InChI is InChI=1S/C15H11FN2O3S/c16-11-6-2-7-12(19)15(11)18-22(20,21)13-8-1-4-10-5-3-9-17-14(10)13/h1-9,18-19H. The van der Waals surface area contributed by atoms with Crippen LogP contribution < -0.4 is 4.72 Å². The van der Waals surface area contributed by atoms with Crippen molar-refractivity contribution < 1.29 is 17.9 Å². The molecule has 0 radical (unpaired) electrons. The summed E-state index contributed by atoms with van der Waals surface area (Å²) in [7, 11) is -4.10. The first kappa shape index (κ1) is 14.3. The zero-order valence-corrected chi connectivity index (χ0v) is 12.0. The topological polar surface area (TPSA) is 79.3 Å². The molecule has 5 nitrogen and oxygen atoms in total. The summed E-state index contributed by atoms with van der Waals surface area (Å²) in [5.74, 6) is -1.35. The average molecular weight is 318 g/mol. The van der Waals surface area contributed by atoms with E-state index in [0.29, 0.717) is 5.39 Å². The molecule has 7 heteroatoms. The molecule has 0 amide bonds. The van der Waals surface area contributed by atoms with Gasteiger partial charge < -0.3 is 5.11 Å². The van der Waals surface area contributed by atoms with Crippen LogP contribution in [0.5, 0.6) is 5.75 Å². The van der Waals surface area contributed by atoms with Crippen molar-refractivity contribution in [2.45, 2.75) is 4.90 Å². The lowest BCUT2D eigenvalue weighted by Crippen LogP contribution is -2.14. The van der Waals surface area contributed by atoms with Crippen molar-refractivity contribution in [2.75, 3.05) is 4.72 Å². The number of para-hydroxylation sites is 2. The number of hydrogen-bond donors (Lipinski definition) is 2. The third kappa shape index (κ3) is 2.46. The van der Waals surface area contributed by atoms with Gasteiger partial charge in [-0.15, -0.1) is 0 Å². The second-order valence-electron chi connectivity index (χ2n) is 4.57. The average Bonchev–Trinajstić information content (AvgIpc) is 2.50. The Labute approximate surface area is 126 Å². The Morgan fingerprint density at radius 3 is 2.55 bits per heavy atom. The van der Waals surface area contributed by atoms with E-state index < -0.39 is 27.3 Å². The SMILES string of the molecule is O=S(=O)(Nc1c(O)cccc1F)c1cccc2cccnc12. The fourth-order valence-corrected chi connectivity index (χ4v) is 3.36. The lowest BCUT2D eigenvalue weighted by atomic mass is 10.2. The third-order valence-corrected chi connectivity index (χ3v) is 4.49. The van der Waals surface area contributed by atoms with Crippen LogP contribution in [0, 0.1) is 5.82 Å². The Morgan fingerprint density at radius 2 is 1.77 bits per heavy atom. The van der Waals surface area contributed by atoms with Crippen LogP contribution >= 0.6 is 0 Å². The minimum absolute atomic E-state index is 0.0896. The van der Waals surface area contributed by atoms with Crippen molar-refractivity contribution in [2.24, 2.45) is 0 Å². The number of halogens is 1. The number of benzene rings is 2. The van der Waals surface area contributed by atoms with Crippen molar-refractivity contribution in [3.8, 4) is 5.75 Å². The number of fused-ring (bicyclic) bond motifs is 1. The number of aromatic nitrogens is 1. The van der Waals surface area contributed by atoms with E-state index in [1.54, 1.807) is 24.3 Å². The van der Waals surface area contributed by atoms with E-state index in [-0.39, 0.29) is 10.4 Å². The number of hydrogen-bond acceptors (Lipinski definition) is 4.